The largest absolute Gasteiger partial charge is 0.393 e. The highest BCUT2D eigenvalue weighted by Gasteiger charge is 2.19. The second-order valence-electron chi connectivity index (χ2n) is 7.46. The molecule has 1 aromatic carbocycles. The number of aliphatic hydroxyl groups is 1. The minimum atomic E-state index is -0.687. The average molecular weight is 467 g/mol. The fourth-order valence-electron chi connectivity index (χ4n) is 3.46. The van der Waals surface area contributed by atoms with Gasteiger partial charge < -0.3 is 26.0 Å². The molecule has 0 bridgehead atoms. The molecule has 1 aliphatic rings. The fraction of sp³-hybridized carbons (Fsp3) is 0.227. The lowest BCUT2D eigenvalue weighted by atomic mass is 10.1. The van der Waals surface area contributed by atoms with E-state index in [2.05, 4.69) is 30.5 Å². The number of hydrogen-bond donors (Lipinski definition) is 4. The summed E-state index contributed by atoms with van der Waals surface area (Å²) < 4.78 is 14.5. The van der Waals surface area contributed by atoms with E-state index in [0.717, 1.165) is 18.1 Å². The molecule has 0 spiro atoms. The number of piperidine rings is 1. The molecular weight excluding hydrogens is 447 g/mol. The Labute approximate surface area is 194 Å². The minimum absolute atomic E-state index is 0.00692. The Balaban J connectivity index is 1.57. The smallest absolute Gasteiger partial charge is 0.149 e. The molecule has 4 N–H and O–H groups in total. The third kappa shape index (κ3) is 5.16. The van der Waals surface area contributed by atoms with Crippen molar-refractivity contribution in [3.05, 3.63) is 58.8 Å². The van der Waals surface area contributed by atoms with E-state index in [9.17, 15) is 9.50 Å². The van der Waals surface area contributed by atoms with Gasteiger partial charge in [-0.25, -0.2) is 19.3 Å². The summed E-state index contributed by atoms with van der Waals surface area (Å²) in [6.45, 7) is 1.41. The van der Waals surface area contributed by atoms with Gasteiger partial charge in [0, 0.05) is 43.2 Å². The summed E-state index contributed by atoms with van der Waals surface area (Å²) >= 11 is 6.15. The van der Waals surface area contributed by atoms with E-state index < -0.39 is 5.82 Å². The summed E-state index contributed by atoms with van der Waals surface area (Å²) in [4.78, 5) is 14.9. The first kappa shape index (κ1) is 22.4. The second kappa shape index (κ2) is 9.77. The third-order valence-corrected chi connectivity index (χ3v) is 5.52. The summed E-state index contributed by atoms with van der Waals surface area (Å²) in [7, 11) is 0. The first-order chi connectivity index (χ1) is 16.0. The van der Waals surface area contributed by atoms with E-state index in [1.165, 1.54) is 18.6 Å². The highest BCUT2D eigenvalue weighted by molar-refractivity contribution is 6.33. The van der Waals surface area contributed by atoms with E-state index >= 15 is 0 Å². The number of nitrogens with one attached hydrogen (secondary N) is 3. The maximum atomic E-state index is 14.5. The average Bonchev–Trinajstić information content (AvgIpc) is 2.82. The summed E-state index contributed by atoms with van der Waals surface area (Å²) in [5.74, 6) is 0.968. The van der Waals surface area contributed by atoms with E-state index in [-0.39, 0.29) is 22.4 Å². The molecule has 0 radical (unpaired) electrons. The number of rotatable bonds is 6. The highest BCUT2D eigenvalue weighted by atomic mass is 35.5. The topological polar surface area (TPSA) is 134 Å². The van der Waals surface area contributed by atoms with Crippen LogP contribution in [0.1, 0.15) is 24.0 Å². The second-order valence-corrected chi connectivity index (χ2v) is 7.86. The monoisotopic (exact) mass is 466 g/mol. The van der Waals surface area contributed by atoms with Crippen LogP contribution in [0.15, 0.2) is 36.8 Å². The van der Waals surface area contributed by atoms with E-state index in [1.807, 2.05) is 6.07 Å². The number of anilines is 5. The minimum Gasteiger partial charge on any atom is -0.393 e. The number of halogens is 2. The number of nitriles is 1. The van der Waals surface area contributed by atoms with Gasteiger partial charge in [-0.2, -0.15) is 5.26 Å². The van der Waals surface area contributed by atoms with Crippen molar-refractivity contribution in [2.75, 3.05) is 28.6 Å². The number of aliphatic hydroxyl groups excluding tert-OH is 1. The Hall–Kier alpha value is -3.81. The predicted octanol–water partition coefficient (Wildman–Crippen LogP) is 3.98. The van der Waals surface area contributed by atoms with Gasteiger partial charge in [0.2, 0.25) is 0 Å². The Morgan fingerprint density at radius 2 is 1.91 bits per heavy atom. The molecule has 3 aromatic rings. The van der Waals surface area contributed by atoms with Gasteiger partial charge in [0.25, 0.3) is 0 Å². The van der Waals surface area contributed by atoms with Gasteiger partial charge in [-0.1, -0.05) is 11.6 Å². The zero-order valence-electron chi connectivity index (χ0n) is 17.4. The highest BCUT2D eigenvalue weighted by Crippen LogP contribution is 2.32. The van der Waals surface area contributed by atoms with Crippen molar-refractivity contribution >= 4 is 46.6 Å². The SMILES string of the molecule is N#Cc1cc(F)c(Nc2cc(Nc3cc(N4CCC(O)CC4)ncn3)ncc2C=N)c(Cl)c1. The lowest BCUT2D eigenvalue weighted by molar-refractivity contribution is 0.145. The molecule has 0 unspecified atom stereocenters. The molecule has 2 aromatic heterocycles. The lowest BCUT2D eigenvalue weighted by Gasteiger charge is -2.30. The number of pyridine rings is 1. The lowest BCUT2D eigenvalue weighted by Crippen LogP contribution is -2.36. The summed E-state index contributed by atoms with van der Waals surface area (Å²) in [6, 6.07) is 7.69. The summed E-state index contributed by atoms with van der Waals surface area (Å²) in [6.07, 6.45) is 5.08. The molecule has 11 heteroatoms. The quantitative estimate of drug-likeness (QED) is 0.401. The third-order valence-electron chi connectivity index (χ3n) is 5.22. The number of aromatic nitrogens is 3. The van der Waals surface area contributed by atoms with Gasteiger partial charge in [0.1, 0.15) is 29.6 Å². The van der Waals surface area contributed by atoms with Crippen LogP contribution in [0.5, 0.6) is 0 Å². The summed E-state index contributed by atoms with van der Waals surface area (Å²) in [5.41, 5.74) is 0.908. The Morgan fingerprint density at radius 1 is 1.15 bits per heavy atom. The van der Waals surface area contributed by atoms with Gasteiger partial charge in [-0.3, -0.25) is 0 Å². The molecule has 0 saturated carbocycles. The first-order valence-electron chi connectivity index (χ1n) is 10.2. The predicted molar refractivity (Wildman–Crippen MR) is 124 cm³/mol. The van der Waals surface area contributed by atoms with Crippen molar-refractivity contribution in [3.8, 4) is 6.07 Å². The molecule has 9 nitrogen and oxygen atoms in total. The van der Waals surface area contributed by atoms with E-state index in [0.29, 0.717) is 48.8 Å². The van der Waals surface area contributed by atoms with Crippen LogP contribution in [0.3, 0.4) is 0 Å². The Morgan fingerprint density at radius 3 is 2.61 bits per heavy atom. The van der Waals surface area contributed by atoms with Crippen molar-refractivity contribution in [1.29, 1.82) is 10.7 Å². The van der Waals surface area contributed by atoms with Gasteiger partial charge in [-0.15, -0.1) is 0 Å². The zero-order chi connectivity index (χ0) is 23.4. The molecule has 4 rings (SSSR count). The van der Waals surface area contributed by atoms with Crippen LogP contribution >= 0.6 is 11.6 Å². The maximum Gasteiger partial charge on any atom is 0.149 e. The van der Waals surface area contributed by atoms with Crippen LogP contribution in [0.4, 0.5) is 33.2 Å². The maximum absolute atomic E-state index is 14.5. The fourth-order valence-corrected chi connectivity index (χ4v) is 3.72. The Bertz CT molecular complexity index is 1200. The molecule has 168 valence electrons. The molecule has 1 fully saturated rings. The van der Waals surface area contributed by atoms with Crippen LogP contribution in [-0.2, 0) is 0 Å². The standard InChI is InChI=1S/C22H20ClFN8O/c23-16-5-13(9-25)6-17(24)22(16)30-18-7-19(27-11-14(18)10-26)31-20-8-21(29-12-28-20)32-3-1-15(33)2-4-32/h5-8,10-12,15,26,33H,1-4H2,(H2,27,28,29,30,31). The summed E-state index contributed by atoms with van der Waals surface area (Å²) in [5, 5.41) is 32.3. The van der Waals surface area contributed by atoms with Gasteiger partial charge in [-0.05, 0) is 25.0 Å². The number of hydrogen-bond acceptors (Lipinski definition) is 9. The Kier molecular flexibility index (Phi) is 6.63. The van der Waals surface area contributed by atoms with Crippen molar-refractivity contribution in [1.82, 2.24) is 15.0 Å². The van der Waals surface area contributed by atoms with Crippen molar-refractivity contribution < 1.29 is 9.50 Å². The first-order valence-corrected chi connectivity index (χ1v) is 10.5. The molecule has 0 amide bonds. The van der Waals surface area contributed by atoms with Gasteiger partial charge in [0.15, 0.2) is 0 Å². The molecule has 0 atom stereocenters. The van der Waals surface area contributed by atoms with Crippen LogP contribution < -0.4 is 15.5 Å². The van der Waals surface area contributed by atoms with Crippen molar-refractivity contribution in [3.63, 3.8) is 0 Å². The van der Waals surface area contributed by atoms with E-state index in [4.69, 9.17) is 22.3 Å². The molecule has 33 heavy (non-hydrogen) atoms. The van der Waals surface area contributed by atoms with Gasteiger partial charge in [0.05, 0.1) is 34.1 Å². The molecule has 0 aliphatic carbocycles. The van der Waals surface area contributed by atoms with Crippen molar-refractivity contribution in [2.24, 2.45) is 0 Å². The van der Waals surface area contributed by atoms with Crippen molar-refractivity contribution in [2.45, 2.75) is 18.9 Å². The molecule has 1 aliphatic heterocycles. The molecule has 1 saturated heterocycles. The van der Waals surface area contributed by atoms with Crippen LogP contribution in [0, 0.1) is 22.6 Å². The van der Waals surface area contributed by atoms with Crippen LogP contribution in [0.2, 0.25) is 5.02 Å². The molecule has 3 heterocycles. The normalized spacial score (nSPS) is 13.9. The zero-order valence-corrected chi connectivity index (χ0v) is 18.1. The van der Waals surface area contributed by atoms with Crippen LogP contribution in [0.25, 0.3) is 0 Å². The van der Waals surface area contributed by atoms with Crippen LogP contribution in [-0.4, -0.2) is 45.5 Å². The van der Waals surface area contributed by atoms with E-state index in [1.54, 1.807) is 12.1 Å². The molecular formula is C22H20ClFN8O. The number of nitrogens with zero attached hydrogens (tertiary/aromatic N) is 5. The van der Waals surface area contributed by atoms with Gasteiger partial charge >= 0.3 is 0 Å². The number of benzene rings is 1.